The normalized spacial score (nSPS) is 18.6. The molecule has 0 spiro atoms. The van der Waals surface area contributed by atoms with Gasteiger partial charge in [-0.3, -0.25) is 0 Å². The third kappa shape index (κ3) is 7.18. The minimum atomic E-state index is -0.543. The first-order valence-electron chi connectivity index (χ1n) is 15.0. The molecule has 2 amide bonds. The first-order valence-corrected chi connectivity index (χ1v) is 15.0. The molecule has 0 N–H and O–H groups in total. The lowest BCUT2D eigenvalue weighted by atomic mass is 9.84. The zero-order chi connectivity index (χ0) is 29.7. The highest BCUT2D eigenvalue weighted by Crippen LogP contribution is 2.40. The van der Waals surface area contributed by atoms with Crippen LogP contribution >= 0.6 is 0 Å². The third-order valence-electron chi connectivity index (χ3n) is 8.14. The maximum absolute atomic E-state index is 15.0. The quantitative estimate of drug-likeness (QED) is 0.304. The summed E-state index contributed by atoms with van der Waals surface area (Å²) in [5.74, 6) is -0.0539. The van der Waals surface area contributed by atoms with Crippen molar-refractivity contribution in [3.8, 4) is 11.3 Å². The summed E-state index contributed by atoms with van der Waals surface area (Å²) >= 11 is 0. The van der Waals surface area contributed by atoms with Crippen molar-refractivity contribution in [3.63, 3.8) is 0 Å². The predicted octanol–water partition coefficient (Wildman–Crippen LogP) is 6.53. The lowest BCUT2D eigenvalue weighted by Gasteiger charge is -2.43. The number of benzene rings is 2. The van der Waals surface area contributed by atoms with Crippen molar-refractivity contribution in [2.45, 2.75) is 52.6 Å². The van der Waals surface area contributed by atoms with Gasteiger partial charge in [-0.1, -0.05) is 51.1 Å². The van der Waals surface area contributed by atoms with E-state index in [0.29, 0.717) is 63.4 Å². The van der Waals surface area contributed by atoms with Crippen molar-refractivity contribution in [2.75, 3.05) is 46.1 Å². The fourth-order valence-electron chi connectivity index (χ4n) is 6.00. The molecule has 5 rings (SSSR count). The number of morpholine rings is 1. The van der Waals surface area contributed by atoms with Gasteiger partial charge in [0.05, 0.1) is 24.9 Å². The number of carbonyl (C=O) groups is 1. The second-order valence-corrected chi connectivity index (χ2v) is 12.4. The van der Waals surface area contributed by atoms with Gasteiger partial charge in [0.25, 0.3) is 0 Å². The Hall–Kier alpha value is -3.30. The number of nitrogens with zero attached hydrogens (tertiary/aromatic N) is 4. The van der Waals surface area contributed by atoms with E-state index < -0.39 is 23.1 Å². The Morgan fingerprint density at radius 3 is 2.52 bits per heavy atom. The highest BCUT2D eigenvalue weighted by atomic mass is 19.1. The minimum absolute atomic E-state index is 0.0531. The van der Waals surface area contributed by atoms with Gasteiger partial charge in [0, 0.05) is 51.2 Å². The Morgan fingerprint density at radius 1 is 1.07 bits per heavy atom. The molecule has 2 saturated heterocycles. The monoisotopic (exact) mass is 580 g/mol. The molecule has 7 nitrogen and oxygen atoms in total. The number of carbonyl (C=O) groups excluding carboxylic acids is 1. The first kappa shape index (κ1) is 30.2. The van der Waals surface area contributed by atoms with E-state index in [2.05, 4.69) is 20.8 Å². The van der Waals surface area contributed by atoms with Gasteiger partial charge >= 0.3 is 6.03 Å². The summed E-state index contributed by atoms with van der Waals surface area (Å²) in [5, 5.41) is 0. The highest BCUT2D eigenvalue weighted by Gasteiger charge is 2.40. The summed E-state index contributed by atoms with van der Waals surface area (Å²) in [7, 11) is 0. The molecule has 226 valence electrons. The standard InChI is InChI=1S/C33H42F2N4O3/c1-33(2,3)30(39(14-13-25-10-7-17-42-23-25)32(40)37-15-18-41-19-16-37)31-36-29(27-20-26(34)11-12-28(27)35)22-38(31)21-24-8-5-4-6-9-24/h4-6,8-9,11-12,20,22,25,30H,7,10,13-19,21,23H2,1-3H3/t25-,30-/m0/s1. The molecular formula is C33H42F2N4O3. The Bertz CT molecular complexity index is 1330. The molecule has 0 unspecified atom stereocenters. The van der Waals surface area contributed by atoms with Crippen molar-refractivity contribution < 1.29 is 23.0 Å². The fourth-order valence-corrected chi connectivity index (χ4v) is 6.00. The largest absolute Gasteiger partial charge is 0.381 e. The summed E-state index contributed by atoms with van der Waals surface area (Å²) in [4.78, 5) is 23.1. The van der Waals surface area contributed by atoms with E-state index >= 15 is 4.39 Å². The summed E-state index contributed by atoms with van der Waals surface area (Å²) in [6.07, 6.45) is 4.69. The van der Waals surface area contributed by atoms with Crippen LogP contribution in [0.1, 0.15) is 57.5 Å². The van der Waals surface area contributed by atoms with Gasteiger partial charge in [-0.15, -0.1) is 0 Å². The van der Waals surface area contributed by atoms with Crippen molar-refractivity contribution in [2.24, 2.45) is 11.3 Å². The number of urea groups is 1. The number of rotatable bonds is 8. The Kier molecular flexibility index (Phi) is 9.58. The van der Waals surface area contributed by atoms with Crippen LogP contribution in [-0.4, -0.2) is 71.4 Å². The van der Waals surface area contributed by atoms with Gasteiger partial charge in [-0.2, -0.15) is 0 Å². The second-order valence-electron chi connectivity index (χ2n) is 12.4. The molecule has 0 saturated carbocycles. The average Bonchev–Trinajstić information content (AvgIpc) is 3.39. The van der Waals surface area contributed by atoms with E-state index in [0.717, 1.165) is 43.6 Å². The summed E-state index contributed by atoms with van der Waals surface area (Å²) in [6.45, 7) is 10.9. The summed E-state index contributed by atoms with van der Waals surface area (Å²) < 4.78 is 42.6. The molecule has 2 atom stereocenters. The maximum Gasteiger partial charge on any atom is 0.320 e. The van der Waals surface area contributed by atoms with Gasteiger partial charge in [0.2, 0.25) is 0 Å². The molecule has 9 heteroatoms. The molecule has 0 aliphatic carbocycles. The molecular weight excluding hydrogens is 538 g/mol. The van der Waals surface area contributed by atoms with Crippen molar-refractivity contribution in [1.29, 1.82) is 0 Å². The van der Waals surface area contributed by atoms with Crippen LogP contribution in [0, 0.1) is 23.0 Å². The molecule has 2 aliphatic heterocycles. The van der Waals surface area contributed by atoms with E-state index in [1.807, 2.05) is 44.7 Å². The SMILES string of the molecule is CC(C)(C)[C@H](c1nc(-c2cc(F)ccc2F)cn1Cc1ccccc1)N(CC[C@@H]1CCCOC1)C(=O)N1CCOCC1. The zero-order valence-electron chi connectivity index (χ0n) is 24.9. The minimum Gasteiger partial charge on any atom is -0.381 e. The molecule has 2 aromatic carbocycles. The summed E-state index contributed by atoms with van der Waals surface area (Å²) in [6, 6.07) is 12.9. The number of aromatic nitrogens is 2. The van der Waals surface area contributed by atoms with E-state index in [1.54, 1.807) is 6.20 Å². The summed E-state index contributed by atoms with van der Waals surface area (Å²) in [5.41, 5.74) is 1.05. The molecule has 3 heterocycles. The Morgan fingerprint density at radius 2 is 1.83 bits per heavy atom. The smallest absolute Gasteiger partial charge is 0.320 e. The molecule has 0 bridgehead atoms. The number of amides is 2. The van der Waals surface area contributed by atoms with Gasteiger partial charge < -0.3 is 23.8 Å². The van der Waals surface area contributed by atoms with Crippen LogP contribution in [0.15, 0.2) is 54.7 Å². The van der Waals surface area contributed by atoms with Crippen LogP contribution in [-0.2, 0) is 16.0 Å². The molecule has 2 fully saturated rings. The van der Waals surface area contributed by atoms with Gasteiger partial charge in [0.1, 0.15) is 17.5 Å². The number of hydrogen-bond donors (Lipinski definition) is 0. The van der Waals surface area contributed by atoms with Gasteiger partial charge in [-0.05, 0) is 54.4 Å². The molecule has 1 aromatic heterocycles. The highest BCUT2D eigenvalue weighted by molar-refractivity contribution is 5.75. The van der Waals surface area contributed by atoms with Crippen LogP contribution in [0.5, 0.6) is 0 Å². The van der Waals surface area contributed by atoms with Crippen molar-refractivity contribution in [3.05, 3.63) is 77.8 Å². The van der Waals surface area contributed by atoms with E-state index in [1.165, 1.54) is 6.07 Å². The fraction of sp³-hybridized carbons (Fsp3) is 0.515. The van der Waals surface area contributed by atoms with E-state index in [-0.39, 0.29) is 11.6 Å². The average molecular weight is 581 g/mol. The van der Waals surface area contributed by atoms with Crippen LogP contribution in [0.3, 0.4) is 0 Å². The van der Waals surface area contributed by atoms with Gasteiger partial charge in [-0.25, -0.2) is 18.6 Å². The molecule has 2 aliphatic rings. The molecule has 3 aromatic rings. The van der Waals surface area contributed by atoms with Crippen LogP contribution < -0.4 is 0 Å². The first-order chi connectivity index (χ1) is 20.2. The van der Waals surface area contributed by atoms with E-state index in [4.69, 9.17) is 14.5 Å². The van der Waals surface area contributed by atoms with Crippen LogP contribution in [0.25, 0.3) is 11.3 Å². The topological polar surface area (TPSA) is 59.8 Å². The van der Waals surface area contributed by atoms with Crippen molar-refractivity contribution >= 4 is 6.03 Å². The second kappa shape index (κ2) is 13.3. The lowest BCUT2D eigenvalue weighted by molar-refractivity contribution is 0.0199. The Balaban J connectivity index is 1.59. The number of ether oxygens (including phenoxy) is 2. The van der Waals surface area contributed by atoms with Crippen LogP contribution in [0.2, 0.25) is 0 Å². The number of imidazole rings is 1. The third-order valence-corrected chi connectivity index (χ3v) is 8.14. The molecule has 0 radical (unpaired) electrons. The van der Waals surface area contributed by atoms with Crippen LogP contribution in [0.4, 0.5) is 13.6 Å². The number of halogens is 2. The predicted molar refractivity (Wildman–Crippen MR) is 158 cm³/mol. The Labute approximate surface area is 247 Å². The zero-order valence-corrected chi connectivity index (χ0v) is 24.9. The van der Waals surface area contributed by atoms with E-state index in [9.17, 15) is 9.18 Å². The lowest BCUT2D eigenvalue weighted by Crippen LogP contribution is -2.52. The van der Waals surface area contributed by atoms with Gasteiger partial charge in [0.15, 0.2) is 0 Å². The maximum atomic E-state index is 15.0. The van der Waals surface area contributed by atoms with Crippen molar-refractivity contribution in [1.82, 2.24) is 19.4 Å². The number of hydrogen-bond acceptors (Lipinski definition) is 4. The molecule has 42 heavy (non-hydrogen) atoms.